The summed E-state index contributed by atoms with van der Waals surface area (Å²) in [6, 6.07) is 4.43. The van der Waals surface area contributed by atoms with Crippen molar-refractivity contribution < 1.29 is 9.18 Å². The first-order valence-electron chi connectivity index (χ1n) is 5.26. The van der Waals surface area contributed by atoms with Gasteiger partial charge < -0.3 is 10.3 Å². The Morgan fingerprint density at radius 1 is 1.41 bits per heavy atom. The monoisotopic (exact) mass is 254 g/mol. The lowest BCUT2D eigenvalue weighted by Crippen LogP contribution is -2.30. The van der Waals surface area contributed by atoms with E-state index in [2.05, 4.69) is 10.3 Å². The number of halogens is 2. The van der Waals surface area contributed by atoms with E-state index < -0.39 is 5.82 Å². The zero-order chi connectivity index (χ0) is 12.6. The Hall–Kier alpha value is -1.55. The topological polar surface area (TPSA) is 44.9 Å². The number of fused-ring (bicyclic) bond motifs is 1. The fourth-order valence-corrected chi connectivity index (χ4v) is 1.75. The van der Waals surface area contributed by atoms with Crippen LogP contribution in [0.5, 0.6) is 0 Å². The number of carbonyl (C=O) groups is 1. The fourth-order valence-electron chi connectivity index (χ4n) is 1.59. The van der Waals surface area contributed by atoms with Gasteiger partial charge in [0.05, 0.1) is 5.02 Å². The average Bonchev–Trinajstić information content (AvgIpc) is 2.60. The lowest BCUT2D eigenvalue weighted by molar-refractivity contribution is 0.0939. The van der Waals surface area contributed by atoms with Crippen molar-refractivity contribution in [3.05, 3.63) is 34.7 Å². The van der Waals surface area contributed by atoms with Crippen LogP contribution in [-0.2, 0) is 0 Å². The summed E-state index contributed by atoms with van der Waals surface area (Å²) < 4.78 is 13.2. The van der Waals surface area contributed by atoms with Crippen LogP contribution in [0.3, 0.4) is 0 Å². The zero-order valence-corrected chi connectivity index (χ0v) is 10.2. The van der Waals surface area contributed by atoms with Crippen LogP contribution in [0.1, 0.15) is 24.3 Å². The zero-order valence-electron chi connectivity index (χ0n) is 9.47. The minimum Gasteiger partial charge on any atom is -0.350 e. The van der Waals surface area contributed by atoms with E-state index in [0.29, 0.717) is 16.6 Å². The molecule has 0 fully saturated rings. The second kappa shape index (κ2) is 4.37. The number of nitrogens with one attached hydrogen (secondary N) is 2. The summed E-state index contributed by atoms with van der Waals surface area (Å²) in [5, 5.41) is 3.42. The maximum atomic E-state index is 13.2. The molecule has 0 aliphatic rings. The van der Waals surface area contributed by atoms with Crippen molar-refractivity contribution in [3.63, 3.8) is 0 Å². The third kappa shape index (κ3) is 2.42. The normalized spacial score (nSPS) is 11.1. The highest BCUT2D eigenvalue weighted by Crippen LogP contribution is 2.23. The second-order valence-electron chi connectivity index (χ2n) is 4.16. The van der Waals surface area contributed by atoms with Crippen molar-refractivity contribution in [2.24, 2.45) is 0 Å². The number of hydrogen-bond acceptors (Lipinski definition) is 1. The summed E-state index contributed by atoms with van der Waals surface area (Å²) in [5.41, 5.74) is 1.04. The van der Waals surface area contributed by atoms with Crippen LogP contribution in [0.25, 0.3) is 10.9 Å². The van der Waals surface area contributed by atoms with E-state index in [1.807, 2.05) is 13.8 Å². The van der Waals surface area contributed by atoms with Gasteiger partial charge in [0.1, 0.15) is 11.5 Å². The van der Waals surface area contributed by atoms with E-state index in [1.165, 1.54) is 12.1 Å². The van der Waals surface area contributed by atoms with Gasteiger partial charge in [-0.3, -0.25) is 4.79 Å². The van der Waals surface area contributed by atoms with Gasteiger partial charge in [-0.2, -0.15) is 0 Å². The van der Waals surface area contributed by atoms with Crippen LogP contribution in [0, 0.1) is 5.82 Å². The fraction of sp³-hybridized carbons (Fsp3) is 0.250. The van der Waals surface area contributed by atoms with Gasteiger partial charge in [-0.05, 0) is 32.0 Å². The van der Waals surface area contributed by atoms with Gasteiger partial charge in [0.2, 0.25) is 0 Å². The van der Waals surface area contributed by atoms with Crippen molar-refractivity contribution >= 4 is 28.4 Å². The van der Waals surface area contributed by atoms with Gasteiger partial charge >= 0.3 is 0 Å². The molecule has 2 rings (SSSR count). The number of amides is 1. The van der Waals surface area contributed by atoms with E-state index in [-0.39, 0.29) is 17.0 Å². The number of H-pyrrole nitrogens is 1. The highest BCUT2D eigenvalue weighted by atomic mass is 35.5. The Kier molecular flexibility index (Phi) is 3.07. The minimum absolute atomic E-state index is 0.0372. The maximum Gasteiger partial charge on any atom is 0.267 e. The predicted octanol–water partition coefficient (Wildman–Crippen LogP) is 3.10. The quantitative estimate of drug-likeness (QED) is 0.850. The number of rotatable bonds is 2. The van der Waals surface area contributed by atoms with Gasteiger partial charge in [0, 0.05) is 16.9 Å². The molecule has 2 aromatic rings. The molecule has 0 bridgehead atoms. The summed E-state index contributed by atoms with van der Waals surface area (Å²) in [6.07, 6.45) is 0. The molecule has 90 valence electrons. The molecule has 0 aliphatic heterocycles. The molecule has 1 aromatic heterocycles. The molecule has 1 aromatic carbocycles. The summed E-state index contributed by atoms with van der Waals surface area (Å²) in [4.78, 5) is 14.6. The van der Waals surface area contributed by atoms with E-state index >= 15 is 0 Å². The molecule has 5 heteroatoms. The van der Waals surface area contributed by atoms with E-state index in [4.69, 9.17) is 11.6 Å². The first kappa shape index (κ1) is 11.9. The van der Waals surface area contributed by atoms with E-state index in [9.17, 15) is 9.18 Å². The Morgan fingerprint density at radius 3 is 2.76 bits per heavy atom. The molecule has 17 heavy (non-hydrogen) atoms. The largest absolute Gasteiger partial charge is 0.350 e. The van der Waals surface area contributed by atoms with Gasteiger partial charge in [-0.1, -0.05) is 11.6 Å². The average molecular weight is 255 g/mol. The molecule has 0 unspecified atom stereocenters. The van der Waals surface area contributed by atoms with Crippen LogP contribution in [-0.4, -0.2) is 16.9 Å². The first-order valence-corrected chi connectivity index (χ1v) is 5.64. The third-order valence-corrected chi connectivity index (χ3v) is 2.62. The molecule has 3 nitrogen and oxygen atoms in total. The maximum absolute atomic E-state index is 13.2. The summed E-state index contributed by atoms with van der Waals surface area (Å²) >= 11 is 5.67. The van der Waals surface area contributed by atoms with Crippen molar-refractivity contribution in [1.82, 2.24) is 10.3 Å². The van der Waals surface area contributed by atoms with Crippen molar-refractivity contribution in [3.8, 4) is 0 Å². The number of benzene rings is 1. The first-order chi connectivity index (χ1) is 7.97. The van der Waals surface area contributed by atoms with Crippen LogP contribution < -0.4 is 5.32 Å². The van der Waals surface area contributed by atoms with Crippen molar-refractivity contribution in [1.29, 1.82) is 0 Å². The molecule has 2 N–H and O–H groups in total. The Labute approximate surface area is 103 Å². The highest BCUT2D eigenvalue weighted by Gasteiger charge is 2.12. The van der Waals surface area contributed by atoms with Crippen molar-refractivity contribution in [2.75, 3.05) is 0 Å². The Bertz CT molecular complexity index is 538. The van der Waals surface area contributed by atoms with Gasteiger partial charge in [-0.15, -0.1) is 0 Å². The van der Waals surface area contributed by atoms with E-state index in [0.717, 1.165) is 0 Å². The Morgan fingerprint density at radius 2 is 2.12 bits per heavy atom. The summed E-state index contributed by atoms with van der Waals surface area (Å²) in [6.45, 7) is 3.74. The standard InChI is InChI=1S/C12H12ClFN2O/c1-6(2)15-12(17)11-4-7-3-9(14)8(13)5-10(7)16-11/h3-6,16H,1-2H3,(H,15,17). The van der Waals surface area contributed by atoms with Crippen LogP contribution in [0.4, 0.5) is 4.39 Å². The second-order valence-corrected chi connectivity index (χ2v) is 4.57. The minimum atomic E-state index is -0.492. The molecule has 1 amide bonds. The van der Waals surface area contributed by atoms with Crippen LogP contribution >= 0.6 is 11.6 Å². The SMILES string of the molecule is CC(C)NC(=O)c1cc2cc(F)c(Cl)cc2[nH]1. The number of hydrogen-bond donors (Lipinski definition) is 2. The lowest BCUT2D eigenvalue weighted by atomic mass is 10.2. The van der Waals surface area contributed by atoms with E-state index in [1.54, 1.807) is 6.07 Å². The number of aromatic amines is 1. The van der Waals surface area contributed by atoms with Gasteiger partial charge in [0.25, 0.3) is 5.91 Å². The third-order valence-electron chi connectivity index (χ3n) is 2.33. The Balaban J connectivity index is 2.41. The molecular weight excluding hydrogens is 243 g/mol. The number of aromatic nitrogens is 1. The smallest absolute Gasteiger partial charge is 0.267 e. The molecule has 0 saturated carbocycles. The molecule has 0 atom stereocenters. The summed E-state index contributed by atoms with van der Waals surface area (Å²) in [7, 11) is 0. The lowest BCUT2D eigenvalue weighted by Gasteiger charge is -2.05. The van der Waals surface area contributed by atoms with Crippen LogP contribution in [0.15, 0.2) is 18.2 Å². The molecule has 0 saturated heterocycles. The molecule has 1 heterocycles. The van der Waals surface area contributed by atoms with Gasteiger partial charge in [-0.25, -0.2) is 4.39 Å². The highest BCUT2D eigenvalue weighted by molar-refractivity contribution is 6.31. The van der Waals surface area contributed by atoms with Crippen LogP contribution in [0.2, 0.25) is 5.02 Å². The predicted molar refractivity (Wildman–Crippen MR) is 65.9 cm³/mol. The number of carbonyl (C=O) groups excluding carboxylic acids is 1. The molecule has 0 radical (unpaired) electrons. The molecule has 0 spiro atoms. The summed E-state index contributed by atoms with van der Waals surface area (Å²) in [5.74, 6) is -0.707. The van der Waals surface area contributed by atoms with Gasteiger partial charge in [0.15, 0.2) is 0 Å². The molecular formula is C12H12ClFN2O. The molecule has 0 aliphatic carbocycles. The van der Waals surface area contributed by atoms with Crippen molar-refractivity contribution in [2.45, 2.75) is 19.9 Å².